The molecule has 2 rings (SSSR count). The van der Waals surface area contributed by atoms with Crippen LogP contribution in [0.25, 0.3) is 0 Å². The number of hydrogen-bond donors (Lipinski definition) is 1. The van der Waals surface area contributed by atoms with E-state index in [4.69, 9.17) is 9.73 Å². The lowest BCUT2D eigenvalue weighted by molar-refractivity contribution is 0.114. The van der Waals surface area contributed by atoms with Crippen LogP contribution in [0.3, 0.4) is 0 Å². The van der Waals surface area contributed by atoms with Crippen LogP contribution in [0.2, 0.25) is 0 Å². The van der Waals surface area contributed by atoms with E-state index in [9.17, 15) is 0 Å². The van der Waals surface area contributed by atoms with Crippen molar-refractivity contribution in [1.82, 2.24) is 5.32 Å². The molecule has 1 saturated carbocycles. The van der Waals surface area contributed by atoms with E-state index in [1.54, 1.807) is 0 Å². The average Bonchev–Trinajstić information content (AvgIpc) is 2.80. The van der Waals surface area contributed by atoms with Gasteiger partial charge in [-0.25, -0.2) is 0 Å². The monoisotopic (exact) mass is 270 g/mol. The van der Waals surface area contributed by atoms with E-state index in [1.807, 2.05) is 11.8 Å². The van der Waals surface area contributed by atoms with Gasteiger partial charge in [-0.05, 0) is 24.2 Å². The molecule has 18 heavy (non-hydrogen) atoms. The summed E-state index contributed by atoms with van der Waals surface area (Å²) in [6, 6.07) is 0. The molecule has 2 aliphatic rings. The van der Waals surface area contributed by atoms with Gasteiger partial charge < -0.3 is 10.1 Å². The highest BCUT2D eigenvalue weighted by atomic mass is 32.2. The average molecular weight is 270 g/mol. The van der Waals surface area contributed by atoms with Crippen molar-refractivity contribution in [3.8, 4) is 0 Å². The summed E-state index contributed by atoms with van der Waals surface area (Å²) >= 11 is 1.91. The summed E-state index contributed by atoms with van der Waals surface area (Å²) < 4.78 is 5.55. The van der Waals surface area contributed by atoms with Gasteiger partial charge in [-0.3, -0.25) is 4.99 Å². The SMILES string of the molecule is CC(C)COCCNC1=NCC2(CCCC2)CS1. The Kier molecular flexibility index (Phi) is 5.37. The van der Waals surface area contributed by atoms with Crippen LogP contribution in [0.4, 0.5) is 0 Å². The molecule has 1 aliphatic carbocycles. The fraction of sp³-hybridized carbons (Fsp3) is 0.929. The van der Waals surface area contributed by atoms with E-state index in [-0.39, 0.29) is 0 Å². The summed E-state index contributed by atoms with van der Waals surface area (Å²) in [6.45, 7) is 7.90. The second-order valence-electron chi connectivity index (χ2n) is 6.01. The lowest BCUT2D eigenvalue weighted by Gasteiger charge is -2.31. The minimum absolute atomic E-state index is 0.546. The van der Waals surface area contributed by atoms with Crippen molar-refractivity contribution in [1.29, 1.82) is 0 Å². The van der Waals surface area contributed by atoms with Gasteiger partial charge >= 0.3 is 0 Å². The van der Waals surface area contributed by atoms with Gasteiger partial charge in [0.1, 0.15) is 0 Å². The second kappa shape index (κ2) is 6.80. The van der Waals surface area contributed by atoms with Gasteiger partial charge in [0.25, 0.3) is 0 Å². The van der Waals surface area contributed by atoms with Crippen molar-refractivity contribution in [3.63, 3.8) is 0 Å². The largest absolute Gasteiger partial charge is 0.379 e. The van der Waals surface area contributed by atoms with Crippen LogP contribution < -0.4 is 5.32 Å². The van der Waals surface area contributed by atoms with E-state index in [2.05, 4.69) is 19.2 Å². The van der Waals surface area contributed by atoms with E-state index in [0.29, 0.717) is 11.3 Å². The molecule has 0 amide bonds. The standard InChI is InChI=1S/C14H26N2OS/c1-12(2)9-17-8-7-15-13-16-10-14(11-18-13)5-3-4-6-14/h12H,3-11H2,1-2H3,(H,15,16). The van der Waals surface area contributed by atoms with Crippen LogP contribution in [0.5, 0.6) is 0 Å². The van der Waals surface area contributed by atoms with Gasteiger partial charge in [-0.1, -0.05) is 38.5 Å². The zero-order valence-corrected chi connectivity index (χ0v) is 12.5. The first kappa shape index (κ1) is 14.2. The Bertz CT molecular complexity index is 286. The molecule has 104 valence electrons. The molecular weight excluding hydrogens is 244 g/mol. The maximum Gasteiger partial charge on any atom is 0.156 e. The molecule has 1 heterocycles. The third-order valence-corrected chi connectivity index (χ3v) is 5.01. The van der Waals surface area contributed by atoms with Crippen molar-refractivity contribution in [2.45, 2.75) is 39.5 Å². The van der Waals surface area contributed by atoms with E-state index < -0.39 is 0 Å². The second-order valence-corrected chi connectivity index (χ2v) is 6.98. The van der Waals surface area contributed by atoms with Crippen LogP contribution in [0, 0.1) is 11.3 Å². The summed E-state index contributed by atoms with van der Waals surface area (Å²) in [5.74, 6) is 1.87. The van der Waals surface area contributed by atoms with E-state index in [1.165, 1.54) is 31.4 Å². The Balaban J connectivity index is 1.61. The van der Waals surface area contributed by atoms with Crippen LogP contribution in [-0.2, 0) is 4.74 Å². The van der Waals surface area contributed by atoms with E-state index in [0.717, 1.165) is 31.5 Å². The normalized spacial score (nSPS) is 22.5. The smallest absolute Gasteiger partial charge is 0.156 e. The lowest BCUT2D eigenvalue weighted by atomic mass is 9.89. The Hall–Kier alpha value is -0.220. The molecule has 0 aromatic rings. The molecule has 0 unspecified atom stereocenters. The Morgan fingerprint density at radius 2 is 2.17 bits per heavy atom. The highest BCUT2D eigenvalue weighted by Gasteiger charge is 2.36. The summed E-state index contributed by atoms with van der Waals surface area (Å²) in [7, 11) is 0. The van der Waals surface area contributed by atoms with Crippen molar-refractivity contribution >= 4 is 16.9 Å². The quantitative estimate of drug-likeness (QED) is 0.780. The number of rotatable bonds is 5. The fourth-order valence-electron chi connectivity index (χ4n) is 2.64. The van der Waals surface area contributed by atoms with Gasteiger partial charge in [0.05, 0.1) is 6.61 Å². The number of ether oxygens (including phenoxy) is 1. The predicted octanol–water partition coefficient (Wildman–Crippen LogP) is 2.91. The maximum absolute atomic E-state index is 5.55. The van der Waals surface area contributed by atoms with Gasteiger partial charge in [-0.15, -0.1) is 0 Å². The van der Waals surface area contributed by atoms with Gasteiger partial charge in [-0.2, -0.15) is 0 Å². The molecule has 0 bridgehead atoms. The Labute approximate surface area is 115 Å². The molecular formula is C14H26N2OS. The first-order chi connectivity index (χ1) is 8.70. The maximum atomic E-state index is 5.55. The first-order valence-corrected chi connectivity index (χ1v) is 8.18. The Morgan fingerprint density at radius 1 is 1.39 bits per heavy atom. The third kappa shape index (κ3) is 4.16. The number of nitrogens with one attached hydrogen (secondary N) is 1. The van der Waals surface area contributed by atoms with Gasteiger partial charge in [0.2, 0.25) is 0 Å². The molecule has 1 fully saturated rings. The molecule has 0 aromatic carbocycles. The number of hydrogen-bond acceptors (Lipinski definition) is 4. The van der Waals surface area contributed by atoms with Gasteiger partial charge in [0.15, 0.2) is 5.17 Å². The first-order valence-electron chi connectivity index (χ1n) is 7.19. The highest BCUT2D eigenvalue weighted by Crippen LogP contribution is 2.43. The number of thioether (sulfide) groups is 1. The predicted molar refractivity (Wildman–Crippen MR) is 79.3 cm³/mol. The summed E-state index contributed by atoms with van der Waals surface area (Å²) in [5, 5.41) is 4.52. The number of aliphatic imine (C=N–C) groups is 1. The Morgan fingerprint density at radius 3 is 2.78 bits per heavy atom. The minimum atomic E-state index is 0.546. The van der Waals surface area contributed by atoms with Crippen LogP contribution >= 0.6 is 11.8 Å². The molecule has 1 spiro atoms. The van der Waals surface area contributed by atoms with Crippen LogP contribution in [-0.4, -0.2) is 37.2 Å². The van der Waals surface area contributed by atoms with Gasteiger partial charge in [0, 0.05) is 25.4 Å². The molecule has 1 N–H and O–H groups in total. The van der Waals surface area contributed by atoms with Crippen LogP contribution in [0.15, 0.2) is 4.99 Å². The third-order valence-electron chi connectivity index (χ3n) is 3.71. The number of amidine groups is 1. The minimum Gasteiger partial charge on any atom is -0.379 e. The molecule has 3 nitrogen and oxygen atoms in total. The summed E-state index contributed by atoms with van der Waals surface area (Å²) in [4.78, 5) is 4.71. The van der Waals surface area contributed by atoms with E-state index >= 15 is 0 Å². The molecule has 0 radical (unpaired) electrons. The zero-order valence-electron chi connectivity index (χ0n) is 11.7. The zero-order chi connectivity index (χ0) is 12.8. The molecule has 4 heteroatoms. The summed E-state index contributed by atoms with van der Waals surface area (Å²) in [5.41, 5.74) is 0.546. The van der Waals surface area contributed by atoms with Crippen molar-refractivity contribution in [3.05, 3.63) is 0 Å². The lowest BCUT2D eigenvalue weighted by Crippen LogP contribution is -2.34. The fourth-order valence-corrected chi connectivity index (χ4v) is 3.82. The molecule has 0 atom stereocenters. The van der Waals surface area contributed by atoms with Crippen molar-refractivity contribution in [2.75, 3.05) is 32.1 Å². The van der Waals surface area contributed by atoms with Crippen LogP contribution in [0.1, 0.15) is 39.5 Å². The summed E-state index contributed by atoms with van der Waals surface area (Å²) in [6.07, 6.45) is 5.58. The molecule has 0 aromatic heterocycles. The van der Waals surface area contributed by atoms with Crippen molar-refractivity contribution < 1.29 is 4.74 Å². The number of nitrogens with zero attached hydrogens (tertiary/aromatic N) is 1. The topological polar surface area (TPSA) is 33.6 Å². The van der Waals surface area contributed by atoms with Crippen molar-refractivity contribution in [2.24, 2.45) is 16.3 Å². The highest BCUT2D eigenvalue weighted by molar-refractivity contribution is 8.13. The molecule has 1 aliphatic heterocycles. The molecule has 0 saturated heterocycles.